The Balaban J connectivity index is 2.03. The lowest BCUT2D eigenvalue weighted by Crippen LogP contribution is -2.33. The van der Waals surface area contributed by atoms with E-state index in [9.17, 15) is 4.79 Å². The molecule has 0 radical (unpaired) electrons. The van der Waals surface area contributed by atoms with E-state index < -0.39 is 17.0 Å². The first-order chi connectivity index (χ1) is 22.5. The van der Waals surface area contributed by atoms with Gasteiger partial charge >= 0.3 is 0 Å². The van der Waals surface area contributed by atoms with Crippen LogP contribution in [0.15, 0.2) is 48.5 Å². The zero-order valence-electron chi connectivity index (χ0n) is 31.3. The molecule has 0 aliphatic rings. The summed E-state index contributed by atoms with van der Waals surface area (Å²) in [6.07, 6.45) is 0. The van der Waals surface area contributed by atoms with Crippen LogP contribution in [0, 0.1) is 107 Å². The topological polar surface area (TPSA) is 35.5 Å². The van der Waals surface area contributed by atoms with E-state index in [0.717, 1.165) is 89.0 Å². The Kier molecular flexibility index (Phi) is 10.6. The van der Waals surface area contributed by atoms with Crippen LogP contribution in [0.2, 0.25) is 0 Å². The number of carbonyl (C=O) groups excluding carboxylic acids is 1. The fourth-order valence-electron chi connectivity index (χ4n) is 8.27. The number of ketones is 1. The lowest BCUT2D eigenvalue weighted by molar-refractivity contribution is -0.109. The lowest BCUT2D eigenvalue weighted by Gasteiger charge is -2.34. The van der Waals surface area contributed by atoms with Crippen molar-refractivity contribution in [3.05, 3.63) is 138 Å². The van der Waals surface area contributed by atoms with Crippen LogP contribution < -0.4 is 0 Å². The largest absolute Gasteiger partial charge is 0.357 e. The molecular formula is C45H50O3. The third kappa shape index (κ3) is 6.64. The summed E-state index contributed by atoms with van der Waals surface area (Å²) in [5.74, 6) is 12.1. The van der Waals surface area contributed by atoms with Gasteiger partial charge in [0.2, 0.25) is 0 Å². The maximum Gasteiger partial charge on any atom is 0.279 e. The lowest BCUT2D eigenvalue weighted by atomic mass is 9.76. The highest BCUT2D eigenvalue weighted by Gasteiger charge is 2.40. The minimum atomic E-state index is -1.19. The zero-order valence-corrected chi connectivity index (χ0v) is 31.3. The number of Topliss-reactive ketones (excluding diaryl/α,β-unsaturated/α-hetero) is 1. The standard InChI is InChI=1S/C45H50O3/c1-27-19-31(5)40(32(6)20-27)44(47-13,41-33(7)21-28(2)22-34(41)8)17-15-39(46)16-18-45(48-14,42-35(9)23-29(3)24-36(42)10)43-37(11)25-30(4)26-38(43)12/h19-26H,1-14H3. The normalized spacial score (nSPS) is 11.5. The Morgan fingerprint density at radius 2 is 0.604 bits per heavy atom. The van der Waals surface area contributed by atoms with Gasteiger partial charge in [0.25, 0.3) is 5.78 Å². The van der Waals surface area contributed by atoms with Gasteiger partial charge in [-0.05, 0) is 151 Å². The molecule has 0 aliphatic carbocycles. The number of hydrogen-bond acceptors (Lipinski definition) is 3. The first-order valence-corrected chi connectivity index (χ1v) is 16.5. The summed E-state index contributed by atoms with van der Waals surface area (Å²) in [6.45, 7) is 25.0. The summed E-state index contributed by atoms with van der Waals surface area (Å²) in [4.78, 5) is 13.9. The molecule has 48 heavy (non-hydrogen) atoms. The first kappa shape index (κ1) is 36.4. The van der Waals surface area contributed by atoms with Gasteiger partial charge in [0.1, 0.15) is 0 Å². The van der Waals surface area contributed by atoms with Crippen LogP contribution in [0.5, 0.6) is 0 Å². The van der Waals surface area contributed by atoms with Crippen molar-refractivity contribution in [2.75, 3.05) is 14.2 Å². The average Bonchev–Trinajstić information content (AvgIpc) is 2.95. The predicted molar refractivity (Wildman–Crippen MR) is 199 cm³/mol. The van der Waals surface area contributed by atoms with Gasteiger partial charge in [0.15, 0.2) is 11.2 Å². The van der Waals surface area contributed by atoms with Crippen molar-refractivity contribution >= 4 is 5.78 Å². The molecule has 0 heterocycles. The summed E-state index contributed by atoms with van der Waals surface area (Å²) >= 11 is 0. The van der Waals surface area contributed by atoms with Gasteiger partial charge in [-0.25, -0.2) is 0 Å². The summed E-state index contributed by atoms with van der Waals surface area (Å²) in [5.41, 5.74) is 14.5. The molecule has 0 saturated heterocycles. The van der Waals surface area contributed by atoms with Gasteiger partial charge in [-0.2, -0.15) is 0 Å². The van der Waals surface area contributed by atoms with Gasteiger partial charge in [-0.15, -0.1) is 0 Å². The van der Waals surface area contributed by atoms with Crippen LogP contribution in [0.1, 0.15) is 89.0 Å². The highest BCUT2D eigenvalue weighted by molar-refractivity contribution is 6.09. The summed E-state index contributed by atoms with van der Waals surface area (Å²) in [6, 6.07) is 17.1. The molecule has 4 aromatic carbocycles. The van der Waals surface area contributed by atoms with E-state index in [4.69, 9.17) is 9.47 Å². The van der Waals surface area contributed by atoms with Crippen molar-refractivity contribution in [2.45, 2.75) is 94.3 Å². The van der Waals surface area contributed by atoms with Gasteiger partial charge in [0, 0.05) is 36.5 Å². The van der Waals surface area contributed by atoms with Crippen molar-refractivity contribution < 1.29 is 14.3 Å². The minimum absolute atomic E-state index is 0.507. The molecule has 0 atom stereocenters. The number of aryl methyl sites for hydroxylation is 12. The SMILES string of the molecule is COC(C#CC(=O)C#CC(OC)(c1c(C)cc(C)cc1C)c1c(C)cc(C)cc1C)(c1c(C)cc(C)cc1C)c1c(C)cc(C)cc1C. The third-order valence-electron chi connectivity index (χ3n) is 9.43. The van der Waals surface area contributed by atoms with Crippen molar-refractivity contribution in [1.82, 2.24) is 0 Å². The molecule has 0 N–H and O–H groups in total. The van der Waals surface area contributed by atoms with E-state index >= 15 is 0 Å². The molecule has 4 rings (SSSR count). The van der Waals surface area contributed by atoms with Gasteiger partial charge in [-0.1, -0.05) is 70.8 Å². The Hall–Kier alpha value is -4.41. The minimum Gasteiger partial charge on any atom is -0.357 e. The van der Waals surface area contributed by atoms with E-state index in [0.29, 0.717) is 0 Å². The van der Waals surface area contributed by atoms with E-state index in [1.807, 2.05) is 0 Å². The first-order valence-electron chi connectivity index (χ1n) is 16.5. The highest BCUT2D eigenvalue weighted by atomic mass is 16.5. The molecule has 0 bridgehead atoms. The summed E-state index contributed by atoms with van der Waals surface area (Å²) < 4.78 is 12.9. The zero-order chi connectivity index (χ0) is 35.7. The molecule has 4 aromatic rings. The second kappa shape index (κ2) is 14.0. The van der Waals surface area contributed by atoms with E-state index in [1.165, 1.54) is 0 Å². The summed E-state index contributed by atoms with van der Waals surface area (Å²) in [5, 5.41) is 0. The molecular weight excluding hydrogens is 588 g/mol. The van der Waals surface area contributed by atoms with E-state index in [-0.39, 0.29) is 0 Å². The van der Waals surface area contributed by atoms with Crippen LogP contribution >= 0.6 is 0 Å². The Labute approximate surface area is 289 Å². The highest BCUT2D eigenvalue weighted by Crippen LogP contribution is 2.42. The maximum absolute atomic E-state index is 13.9. The second-order valence-electron chi connectivity index (χ2n) is 13.7. The van der Waals surface area contributed by atoms with Crippen LogP contribution in [-0.4, -0.2) is 20.0 Å². The predicted octanol–water partition coefficient (Wildman–Crippen LogP) is 9.44. The number of methoxy groups -OCH3 is 2. The third-order valence-corrected chi connectivity index (χ3v) is 9.43. The monoisotopic (exact) mass is 638 g/mol. The van der Waals surface area contributed by atoms with Crippen LogP contribution in [-0.2, 0) is 25.5 Å². The molecule has 0 saturated carbocycles. The van der Waals surface area contributed by atoms with Crippen molar-refractivity contribution in [2.24, 2.45) is 0 Å². The smallest absolute Gasteiger partial charge is 0.279 e. The molecule has 248 valence electrons. The van der Waals surface area contributed by atoms with E-state index in [1.54, 1.807) is 14.2 Å². The molecule has 3 nitrogen and oxygen atoms in total. The van der Waals surface area contributed by atoms with Gasteiger partial charge in [-0.3, -0.25) is 4.79 Å². The van der Waals surface area contributed by atoms with Crippen LogP contribution in [0.25, 0.3) is 0 Å². The van der Waals surface area contributed by atoms with E-state index in [2.05, 4.69) is 155 Å². The van der Waals surface area contributed by atoms with Gasteiger partial charge in [0.05, 0.1) is 0 Å². The molecule has 0 aromatic heterocycles. The number of rotatable bonds is 6. The average molecular weight is 639 g/mol. The fraction of sp³-hybridized carbons (Fsp3) is 0.356. The number of ether oxygens (including phenoxy) is 2. The van der Waals surface area contributed by atoms with Crippen LogP contribution in [0.3, 0.4) is 0 Å². The van der Waals surface area contributed by atoms with Crippen molar-refractivity contribution in [3.8, 4) is 23.7 Å². The fourth-order valence-corrected chi connectivity index (χ4v) is 8.27. The number of benzene rings is 4. The molecule has 0 aliphatic heterocycles. The number of hydrogen-bond donors (Lipinski definition) is 0. The Bertz CT molecular complexity index is 1700. The Morgan fingerprint density at radius 1 is 0.417 bits per heavy atom. The Morgan fingerprint density at radius 3 is 0.771 bits per heavy atom. The summed E-state index contributed by atoms with van der Waals surface area (Å²) in [7, 11) is 3.34. The second-order valence-corrected chi connectivity index (χ2v) is 13.7. The van der Waals surface area contributed by atoms with Crippen molar-refractivity contribution in [3.63, 3.8) is 0 Å². The maximum atomic E-state index is 13.9. The quantitative estimate of drug-likeness (QED) is 0.156. The molecule has 3 heteroatoms. The molecule has 0 spiro atoms. The molecule has 0 fully saturated rings. The number of carbonyl (C=O) groups is 1. The molecule has 0 amide bonds. The van der Waals surface area contributed by atoms with Crippen LogP contribution in [0.4, 0.5) is 0 Å². The molecule has 0 unspecified atom stereocenters. The van der Waals surface area contributed by atoms with Gasteiger partial charge < -0.3 is 9.47 Å². The van der Waals surface area contributed by atoms with Crippen molar-refractivity contribution in [1.29, 1.82) is 0 Å².